The molecule has 0 spiro atoms. The van der Waals surface area contributed by atoms with E-state index in [4.69, 9.17) is 11.0 Å². The van der Waals surface area contributed by atoms with Gasteiger partial charge in [0.1, 0.15) is 17.5 Å². The first-order valence-electron chi connectivity index (χ1n) is 7.89. The molecule has 0 aliphatic heterocycles. The minimum absolute atomic E-state index is 0.225. The maximum absolute atomic E-state index is 8.88. The molecule has 0 bridgehead atoms. The highest BCUT2D eigenvalue weighted by Crippen LogP contribution is 2.20. The smallest absolute Gasteiger partial charge is 0.227 e. The van der Waals surface area contributed by atoms with Crippen LogP contribution in [0.1, 0.15) is 17.5 Å². The number of aryl methyl sites for hydroxylation is 1. The van der Waals surface area contributed by atoms with Crippen molar-refractivity contribution in [2.75, 3.05) is 24.2 Å². The SMILES string of the molecule is CN(CCCc1cccc2ccccc12)c1ncc(C#N)c(N)n1. The molecule has 0 amide bonds. The lowest BCUT2D eigenvalue weighted by Gasteiger charge is -2.17. The summed E-state index contributed by atoms with van der Waals surface area (Å²) in [5.74, 6) is 0.771. The predicted molar refractivity (Wildman–Crippen MR) is 96.7 cm³/mol. The van der Waals surface area contributed by atoms with E-state index in [2.05, 4.69) is 52.4 Å². The number of nitrogen functional groups attached to an aromatic ring is 1. The van der Waals surface area contributed by atoms with Gasteiger partial charge in [0.25, 0.3) is 0 Å². The zero-order valence-electron chi connectivity index (χ0n) is 13.6. The van der Waals surface area contributed by atoms with Crippen LogP contribution in [0.15, 0.2) is 48.7 Å². The monoisotopic (exact) mass is 317 g/mol. The molecule has 0 aliphatic rings. The van der Waals surface area contributed by atoms with Gasteiger partial charge in [-0.1, -0.05) is 42.5 Å². The number of rotatable bonds is 5. The number of aromatic nitrogens is 2. The van der Waals surface area contributed by atoms with Crippen molar-refractivity contribution in [2.45, 2.75) is 12.8 Å². The quantitative estimate of drug-likeness (QED) is 0.782. The van der Waals surface area contributed by atoms with Crippen LogP contribution in [0.2, 0.25) is 0 Å². The third-order valence-corrected chi connectivity index (χ3v) is 4.09. The van der Waals surface area contributed by atoms with Gasteiger partial charge in [0, 0.05) is 13.6 Å². The first-order valence-corrected chi connectivity index (χ1v) is 7.89. The summed E-state index contributed by atoms with van der Waals surface area (Å²) < 4.78 is 0. The molecule has 1 aromatic heterocycles. The van der Waals surface area contributed by atoms with Crippen LogP contribution in [0.4, 0.5) is 11.8 Å². The van der Waals surface area contributed by atoms with Crippen LogP contribution < -0.4 is 10.6 Å². The van der Waals surface area contributed by atoms with E-state index in [1.54, 1.807) is 0 Å². The van der Waals surface area contributed by atoms with Crippen LogP contribution in [-0.4, -0.2) is 23.6 Å². The number of anilines is 2. The lowest BCUT2D eigenvalue weighted by Crippen LogP contribution is -2.22. The minimum atomic E-state index is 0.225. The third-order valence-electron chi connectivity index (χ3n) is 4.09. The average Bonchev–Trinajstić information content (AvgIpc) is 2.61. The topological polar surface area (TPSA) is 78.8 Å². The summed E-state index contributed by atoms with van der Waals surface area (Å²) in [5, 5.41) is 11.5. The van der Waals surface area contributed by atoms with Crippen LogP contribution in [0.5, 0.6) is 0 Å². The number of benzene rings is 2. The summed E-state index contributed by atoms with van der Waals surface area (Å²) in [6.45, 7) is 0.814. The van der Waals surface area contributed by atoms with Gasteiger partial charge in [-0.05, 0) is 29.2 Å². The lowest BCUT2D eigenvalue weighted by atomic mass is 10.0. The van der Waals surface area contributed by atoms with Crippen molar-refractivity contribution in [3.63, 3.8) is 0 Å². The van der Waals surface area contributed by atoms with Gasteiger partial charge in [-0.25, -0.2) is 4.98 Å². The van der Waals surface area contributed by atoms with Gasteiger partial charge in [0.05, 0.1) is 6.20 Å². The number of fused-ring (bicyclic) bond motifs is 1. The standard InChI is InChI=1S/C19H19N5/c1-24(19-22-13-16(12-20)18(21)23-19)11-5-9-15-8-4-7-14-6-2-3-10-17(14)15/h2-4,6-8,10,13H,5,9,11H2,1H3,(H2,21,22,23). The van der Waals surface area contributed by atoms with E-state index in [0.29, 0.717) is 11.5 Å². The second kappa shape index (κ2) is 6.97. The molecule has 5 heteroatoms. The van der Waals surface area contributed by atoms with Gasteiger partial charge in [0.2, 0.25) is 5.95 Å². The molecule has 2 aromatic carbocycles. The Bertz CT molecular complexity index is 892. The van der Waals surface area contributed by atoms with Gasteiger partial charge < -0.3 is 10.6 Å². The predicted octanol–water partition coefficient (Wildman–Crippen LogP) is 3.15. The maximum Gasteiger partial charge on any atom is 0.227 e. The zero-order valence-corrected chi connectivity index (χ0v) is 13.6. The van der Waals surface area contributed by atoms with Crippen molar-refractivity contribution in [1.82, 2.24) is 9.97 Å². The third kappa shape index (κ3) is 3.28. The molecular weight excluding hydrogens is 298 g/mol. The van der Waals surface area contributed by atoms with E-state index in [1.807, 2.05) is 18.0 Å². The summed E-state index contributed by atoms with van der Waals surface area (Å²) in [5.41, 5.74) is 7.41. The molecule has 2 N–H and O–H groups in total. The molecule has 0 atom stereocenters. The lowest BCUT2D eigenvalue weighted by molar-refractivity contribution is 0.769. The Labute approximate surface area is 141 Å². The van der Waals surface area contributed by atoms with Crippen molar-refractivity contribution in [3.05, 3.63) is 59.8 Å². The first kappa shape index (κ1) is 15.8. The van der Waals surface area contributed by atoms with Crippen molar-refractivity contribution in [3.8, 4) is 6.07 Å². The molecule has 24 heavy (non-hydrogen) atoms. The molecule has 0 aliphatic carbocycles. The highest BCUT2D eigenvalue weighted by Gasteiger charge is 2.08. The largest absolute Gasteiger partial charge is 0.382 e. The Kier molecular flexibility index (Phi) is 4.57. The van der Waals surface area contributed by atoms with E-state index < -0.39 is 0 Å². The van der Waals surface area contributed by atoms with Gasteiger partial charge in [0.15, 0.2) is 0 Å². The van der Waals surface area contributed by atoms with E-state index in [1.165, 1.54) is 22.5 Å². The molecule has 120 valence electrons. The highest BCUT2D eigenvalue weighted by molar-refractivity contribution is 5.85. The van der Waals surface area contributed by atoms with Crippen molar-refractivity contribution in [2.24, 2.45) is 0 Å². The minimum Gasteiger partial charge on any atom is -0.382 e. The fraction of sp³-hybridized carbons (Fsp3) is 0.211. The van der Waals surface area contributed by atoms with Gasteiger partial charge in [-0.2, -0.15) is 10.2 Å². The Morgan fingerprint density at radius 1 is 1.17 bits per heavy atom. The molecular formula is C19H19N5. The van der Waals surface area contributed by atoms with Crippen LogP contribution in [0, 0.1) is 11.3 Å². The van der Waals surface area contributed by atoms with E-state index >= 15 is 0 Å². The second-order valence-corrected chi connectivity index (χ2v) is 5.74. The maximum atomic E-state index is 8.88. The Morgan fingerprint density at radius 3 is 2.75 bits per heavy atom. The fourth-order valence-electron chi connectivity index (χ4n) is 2.77. The highest BCUT2D eigenvalue weighted by atomic mass is 15.2. The van der Waals surface area contributed by atoms with Crippen LogP contribution in [0.3, 0.4) is 0 Å². The van der Waals surface area contributed by atoms with Gasteiger partial charge in [-0.3, -0.25) is 0 Å². The Morgan fingerprint density at radius 2 is 1.96 bits per heavy atom. The average molecular weight is 317 g/mol. The normalized spacial score (nSPS) is 10.5. The van der Waals surface area contributed by atoms with E-state index in [0.717, 1.165) is 19.4 Å². The molecule has 5 nitrogen and oxygen atoms in total. The van der Waals surface area contributed by atoms with Crippen LogP contribution >= 0.6 is 0 Å². The summed E-state index contributed by atoms with van der Waals surface area (Å²) >= 11 is 0. The number of nitrogens with zero attached hydrogens (tertiary/aromatic N) is 4. The second-order valence-electron chi connectivity index (χ2n) is 5.74. The summed E-state index contributed by atoms with van der Waals surface area (Å²) in [7, 11) is 1.93. The zero-order chi connectivity index (χ0) is 16.9. The summed E-state index contributed by atoms with van der Waals surface area (Å²) in [6.07, 6.45) is 3.43. The summed E-state index contributed by atoms with van der Waals surface area (Å²) in [4.78, 5) is 10.3. The first-order chi connectivity index (χ1) is 11.7. The van der Waals surface area contributed by atoms with Gasteiger partial charge in [-0.15, -0.1) is 0 Å². The number of hydrogen-bond donors (Lipinski definition) is 1. The molecule has 3 rings (SSSR count). The molecule has 1 heterocycles. The number of nitrogens with two attached hydrogens (primary N) is 1. The Balaban J connectivity index is 1.65. The molecule has 0 saturated carbocycles. The number of hydrogen-bond acceptors (Lipinski definition) is 5. The molecule has 3 aromatic rings. The van der Waals surface area contributed by atoms with E-state index in [-0.39, 0.29) is 5.82 Å². The fourth-order valence-corrected chi connectivity index (χ4v) is 2.77. The molecule has 0 saturated heterocycles. The van der Waals surface area contributed by atoms with Crippen molar-refractivity contribution < 1.29 is 0 Å². The van der Waals surface area contributed by atoms with Crippen LogP contribution in [0.25, 0.3) is 10.8 Å². The van der Waals surface area contributed by atoms with Crippen molar-refractivity contribution in [1.29, 1.82) is 5.26 Å². The molecule has 0 unspecified atom stereocenters. The van der Waals surface area contributed by atoms with Gasteiger partial charge >= 0.3 is 0 Å². The Hall–Kier alpha value is -3.13. The summed E-state index contributed by atoms with van der Waals surface area (Å²) in [6, 6.07) is 16.8. The number of nitriles is 1. The molecule has 0 fully saturated rings. The van der Waals surface area contributed by atoms with Crippen LogP contribution in [-0.2, 0) is 6.42 Å². The van der Waals surface area contributed by atoms with E-state index in [9.17, 15) is 0 Å². The van der Waals surface area contributed by atoms with Crippen molar-refractivity contribution >= 4 is 22.5 Å². The molecule has 0 radical (unpaired) electrons.